The van der Waals surface area contributed by atoms with Crippen LogP contribution < -0.4 is 10.5 Å². The van der Waals surface area contributed by atoms with Gasteiger partial charge in [-0.1, -0.05) is 25.0 Å². The van der Waals surface area contributed by atoms with Gasteiger partial charge in [0.25, 0.3) is 0 Å². The maximum Gasteiger partial charge on any atom is 0.231 e. The number of nitrogens with zero attached hydrogens (tertiary/aromatic N) is 2. The lowest BCUT2D eigenvalue weighted by Gasteiger charge is -2.27. The van der Waals surface area contributed by atoms with Crippen LogP contribution in [-0.2, 0) is 4.79 Å². The van der Waals surface area contributed by atoms with Crippen LogP contribution in [0.1, 0.15) is 31.2 Å². The Labute approximate surface area is 125 Å². The van der Waals surface area contributed by atoms with E-state index in [1.165, 1.54) is 12.8 Å². The van der Waals surface area contributed by atoms with E-state index in [-0.39, 0.29) is 12.5 Å². The Hall–Kier alpha value is -2.06. The second kappa shape index (κ2) is 7.65. The van der Waals surface area contributed by atoms with Crippen molar-refractivity contribution in [3.05, 3.63) is 29.8 Å². The van der Waals surface area contributed by atoms with Crippen LogP contribution in [0.25, 0.3) is 0 Å². The van der Waals surface area contributed by atoms with E-state index in [1.807, 2.05) is 12.1 Å². The van der Waals surface area contributed by atoms with Crippen molar-refractivity contribution in [1.29, 1.82) is 5.26 Å². The number of hydrogen-bond acceptors (Lipinski definition) is 4. The maximum absolute atomic E-state index is 11.2. The lowest BCUT2D eigenvalue weighted by molar-refractivity contribution is -0.119. The molecule has 0 bridgehead atoms. The zero-order valence-electron chi connectivity index (χ0n) is 12.1. The minimum atomic E-state index is -0.306. The van der Waals surface area contributed by atoms with Crippen molar-refractivity contribution in [1.82, 2.24) is 4.90 Å². The molecule has 0 unspecified atom stereocenters. The highest BCUT2D eigenvalue weighted by molar-refractivity contribution is 5.75. The Morgan fingerprint density at radius 1 is 1.38 bits per heavy atom. The molecule has 0 aromatic heterocycles. The number of ether oxygens (including phenoxy) is 1. The lowest BCUT2D eigenvalue weighted by Crippen LogP contribution is -2.42. The standard InChI is InChI=1S/C16H21N3O2/c17-11-13-5-1-4-8-15(13)21-10-9-19(12-16(18)20)14-6-2-3-7-14/h1,4-5,8,14H,2-3,6-7,9-10,12H2,(H2,18,20). The Balaban J connectivity index is 1.89. The Kier molecular flexibility index (Phi) is 5.59. The summed E-state index contributed by atoms with van der Waals surface area (Å²) in [6.45, 7) is 1.36. The average Bonchev–Trinajstić information content (AvgIpc) is 3.00. The Morgan fingerprint density at radius 2 is 2.10 bits per heavy atom. The number of primary amides is 1. The lowest BCUT2D eigenvalue weighted by atomic mass is 10.2. The van der Waals surface area contributed by atoms with E-state index >= 15 is 0 Å². The van der Waals surface area contributed by atoms with E-state index in [0.29, 0.717) is 30.5 Å². The first-order valence-corrected chi connectivity index (χ1v) is 7.35. The number of para-hydroxylation sites is 1. The molecular formula is C16H21N3O2. The summed E-state index contributed by atoms with van der Waals surface area (Å²) >= 11 is 0. The van der Waals surface area contributed by atoms with Crippen LogP contribution in [0.4, 0.5) is 0 Å². The van der Waals surface area contributed by atoms with Gasteiger partial charge in [-0.05, 0) is 25.0 Å². The molecule has 0 heterocycles. The number of hydrogen-bond donors (Lipinski definition) is 1. The van der Waals surface area contributed by atoms with E-state index in [4.69, 9.17) is 15.7 Å². The maximum atomic E-state index is 11.2. The minimum absolute atomic E-state index is 0.272. The molecule has 5 nitrogen and oxygen atoms in total. The topological polar surface area (TPSA) is 79.3 Å². The normalized spacial score (nSPS) is 15.0. The number of carbonyl (C=O) groups is 1. The second-order valence-electron chi connectivity index (χ2n) is 5.33. The number of rotatable bonds is 7. The number of amides is 1. The van der Waals surface area contributed by atoms with E-state index in [9.17, 15) is 4.79 Å². The SMILES string of the molecule is N#Cc1ccccc1OCCN(CC(N)=O)C1CCCC1. The first-order valence-electron chi connectivity index (χ1n) is 7.35. The predicted octanol–water partition coefficient (Wildman–Crippen LogP) is 1.67. The quantitative estimate of drug-likeness (QED) is 0.827. The summed E-state index contributed by atoms with van der Waals surface area (Å²) in [5.41, 5.74) is 5.85. The highest BCUT2D eigenvalue weighted by atomic mass is 16.5. The van der Waals surface area contributed by atoms with Gasteiger partial charge in [0.2, 0.25) is 5.91 Å². The molecule has 1 aromatic carbocycles. The third kappa shape index (κ3) is 4.47. The summed E-state index contributed by atoms with van der Waals surface area (Å²) in [7, 11) is 0. The van der Waals surface area contributed by atoms with Gasteiger partial charge in [0.15, 0.2) is 0 Å². The summed E-state index contributed by atoms with van der Waals surface area (Å²) in [5, 5.41) is 9.02. The van der Waals surface area contributed by atoms with Crippen LogP contribution in [0.5, 0.6) is 5.75 Å². The molecule has 112 valence electrons. The molecule has 2 N–H and O–H groups in total. The van der Waals surface area contributed by atoms with Crippen molar-refractivity contribution < 1.29 is 9.53 Å². The number of nitrogens with two attached hydrogens (primary N) is 1. The van der Waals surface area contributed by atoms with Crippen molar-refractivity contribution in [2.75, 3.05) is 19.7 Å². The average molecular weight is 287 g/mol. The van der Waals surface area contributed by atoms with Crippen LogP contribution in [-0.4, -0.2) is 36.5 Å². The molecule has 1 aliphatic carbocycles. The molecule has 1 aromatic rings. The molecule has 0 radical (unpaired) electrons. The first kappa shape index (κ1) is 15.3. The summed E-state index contributed by atoms with van der Waals surface area (Å²) in [4.78, 5) is 13.3. The highest BCUT2D eigenvalue weighted by Gasteiger charge is 2.23. The van der Waals surface area contributed by atoms with E-state index in [0.717, 1.165) is 12.8 Å². The smallest absolute Gasteiger partial charge is 0.231 e. The molecule has 0 aliphatic heterocycles. The first-order chi connectivity index (χ1) is 10.2. The molecule has 5 heteroatoms. The van der Waals surface area contributed by atoms with Gasteiger partial charge in [-0.15, -0.1) is 0 Å². The number of carbonyl (C=O) groups excluding carboxylic acids is 1. The van der Waals surface area contributed by atoms with Crippen molar-refractivity contribution in [2.45, 2.75) is 31.7 Å². The summed E-state index contributed by atoms with van der Waals surface area (Å²) < 4.78 is 5.68. The summed E-state index contributed by atoms with van der Waals surface area (Å²) in [6.07, 6.45) is 4.64. The van der Waals surface area contributed by atoms with Crippen LogP contribution in [0.3, 0.4) is 0 Å². The summed E-state index contributed by atoms with van der Waals surface area (Å²) in [6, 6.07) is 9.70. The van der Waals surface area contributed by atoms with Crippen molar-refractivity contribution in [3.8, 4) is 11.8 Å². The molecule has 0 saturated heterocycles. The van der Waals surface area contributed by atoms with Gasteiger partial charge in [0.1, 0.15) is 18.4 Å². The van der Waals surface area contributed by atoms with Gasteiger partial charge in [-0.3, -0.25) is 9.69 Å². The minimum Gasteiger partial charge on any atom is -0.491 e. The van der Waals surface area contributed by atoms with Gasteiger partial charge >= 0.3 is 0 Å². The van der Waals surface area contributed by atoms with Gasteiger partial charge in [0, 0.05) is 12.6 Å². The van der Waals surface area contributed by atoms with Gasteiger partial charge in [-0.25, -0.2) is 0 Å². The van der Waals surface area contributed by atoms with E-state index < -0.39 is 0 Å². The number of nitriles is 1. The van der Waals surface area contributed by atoms with E-state index in [2.05, 4.69) is 11.0 Å². The van der Waals surface area contributed by atoms with Crippen LogP contribution in [0.15, 0.2) is 24.3 Å². The molecule has 1 amide bonds. The van der Waals surface area contributed by atoms with Crippen LogP contribution >= 0.6 is 0 Å². The number of benzene rings is 1. The van der Waals surface area contributed by atoms with E-state index in [1.54, 1.807) is 12.1 Å². The van der Waals surface area contributed by atoms with Gasteiger partial charge < -0.3 is 10.5 Å². The third-order valence-corrected chi connectivity index (χ3v) is 3.84. The fraction of sp³-hybridized carbons (Fsp3) is 0.500. The predicted molar refractivity (Wildman–Crippen MR) is 79.7 cm³/mol. The fourth-order valence-corrected chi connectivity index (χ4v) is 2.82. The Bertz CT molecular complexity index is 518. The largest absolute Gasteiger partial charge is 0.491 e. The monoisotopic (exact) mass is 287 g/mol. The highest BCUT2D eigenvalue weighted by Crippen LogP contribution is 2.23. The Morgan fingerprint density at radius 3 is 2.76 bits per heavy atom. The molecule has 1 fully saturated rings. The van der Waals surface area contributed by atoms with Crippen molar-refractivity contribution >= 4 is 5.91 Å². The molecule has 21 heavy (non-hydrogen) atoms. The molecule has 0 atom stereocenters. The third-order valence-electron chi connectivity index (χ3n) is 3.84. The van der Waals surface area contributed by atoms with Gasteiger partial charge in [0.05, 0.1) is 12.1 Å². The zero-order valence-corrected chi connectivity index (χ0v) is 12.1. The summed E-state index contributed by atoms with van der Waals surface area (Å²) in [5.74, 6) is 0.282. The van der Waals surface area contributed by atoms with Gasteiger partial charge in [-0.2, -0.15) is 5.26 Å². The van der Waals surface area contributed by atoms with Crippen LogP contribution in [0.2, 0.25) is 0 Å². The van der Waals surface area contributed by atoms with Crippen LogP contribution in [0, 0.1) is 11.3 Å². The molecule has 2 rings (SSSR count). The molecule has 1 aliphatic rings. The van der Waals surface area contributed by atoms with Crippen molar-refractivity contribution in [3.63, 3.8) is 0 Å². The zero-order chi connectivity index (χ0) is 15.1. The molecule has 0 spiro atoms. The molecular weight excluding hydrogens is 266 g/mol. The second-order valence-corrected chi connectivity index (χ2v) is 5.33. The fourth-order valence-electron chi connectivity index (χ4n) is 2.82. The molecule has 1 saturated carbocycles. The van der Waals surface area contributed by atoms with Crippen molar-refractivity contribution in [2.24, 2.45) is 5.73 Å².